The van der Waals surface area contributed by atoms with Crippen LogP contribution in [0.2, 0.25) is 10.0 Å². The van der Waals surface area contributed by atoms with E-state index in [1.54, 1.807) is 18.2 Å². The summed E-state index contributed by atoms with van der Waals surface area (Å²) >= 11 is 12.1. The van der Waals surface area contributed by atoms with Crippen molar-refractivity contribution in [1.82, 2.24) is 4.98 Å². The molecule has 3 nitrogen and oxygen atoms in total. The van der Waals surface area contributed by atoms with Gasteiger partial charge in [-0.3, -0.25) is 0 Å². The summed E-state index contributed by atoms with van der Waals surface area (Å²) in [5, 5.41) is 7.09. The van der Waals surface area contributed by atoms with Crippen molar-refractivity contribution in [3.63, 3.8) is 0 Å². The number of halogens is 3. The highest BCUT2D eigenvalue weighted by atomic mass is 35.5. The minimum atomic E-state index is -0.258. The first-order chi connectivity index (χ1) is 9.60. The molecule has 0 aliphatic rings. The summed E-state index contributed by atoms with van der Waals surface area (Å²) in [5.74, 6) is 0.863. The molecule has 20 heavy (non-hydrogen) atoms. The monoisotopic (exact) mass is 313 g/mol. The Morgan fingerprint density at radius 1 is 1.05 bits per heavy atom. The first kappa shape index (κ1) is 14.9. The van der Waals surface area contributed by atoms with Crippen LogP contribution >= 0.6 is 23.2 Å². The number of benzene rings is 1. The van der Waals surface area contributed by atoms with Crippen molar-refractivity contribution in [2.45, 2.75) is 13.5 Å². The maximum atomic E-state index is 12.8. The highest BCUT2D eigenvalue weighted by Crippen LogP contribution is 2.29. The fourth-order valence-corrected chi connectivity index (χ4v) is 2.16. The van der Waals surface area contributed by atoms with Crippen molar-refractivity contribution in [2.24, 2.45) is 0 Å². The molecule has 2 rings (SSSR count). The third-order valence-corrected chi connectivity index (χ3v) is 3.22. The predicted molar refractivity (Wildman–Crippen MR) is 82.1 cm³/mol. The Bertz CT molecular complexity index is 588. The molecule has 2 aromatic rings. The SMILES string of the molecule is CCNc1nc(NCc2ccc(F)cc2)c(Cl)cc1Cl. The molecule has 0 fully saturated rings. The Labute approximate surface area is 127 Å². The van der Waals surface area contributed by atoms with Crippen molar-refractivity contribution in [3.05, 3.63) is 51.8 Å². The molecule has 0 aliphatic carbocycles. The van der Waals surface area contributed by atoms with Gasteiger partial charge >= 0.3 is 0 Å². The van der Waals surface area contributed by atoms with Crippen LogP contribution in [0.3, 0.4) is 0 Å². The van der Waals surface area contributed by atoms with Crippen molar-refractivity contribution < 1.29 is 4.39 Å². The largest absolute Gasteiger partial charge is 0.369 e. The van der Waals surface area contributed by atoms with Gasteiger partial charge in [0.05, 0.1) is 10.0 Å². The smallest absolute Gasteiger partial charge is 0.147 e. The molecule has 2 N–H and O–H groups in total. The zero-order valence-corrected chi connectivity index (χ0v) is 12.4. The first-order valence-electron chi connectivity index (χ1n) is 6.18. The van der Waals surface area contributed by atoms with Crippen LogP contribution < -0.4 is 10.6 Å². The van der Waals surface area contributed by atoms with E-state index < -0.39 is 0 Å². The summed E-state index contributed by atoms with van der Waals surface area (Å²) in [7, 11) is 0. The molecule has 0 radical (unpaired) electrons. The summed E-state index contributed by atoms with van der Waals surface area (Å²) in [6.45, 7) is 3.17. The number of aromatic nitrogens is 1. The molecule has 1 aromatic heterocycles. The molecule has 1 aromatic carbocycles. The second-order valence-corrected chi connectivity index (χ2v) is 4.97. The molecule has 0 unspecified atom stereocenters. The van der Waals surface area contributed by atoms with Crippen LogP contribution in [-0.4, -0.2) is 11.5 Å². The minimum Gasteiger partial charge on any atom is -0.369 e. The number of hydrogen-bond acceptors (Lipinski definition) is 3. The predicted octanol–water partition coefficient (Wildman–Crippen LogP) is 4.57. The zero-order chi connectivity index (χ0) is 14.5. The van der Waals surface area contributed by atoms with Crippen LogP contribution in [0, 0.1) is 5.82 Å². The number of anilines is 2. The van der Waals surface area contributed by atoms with Gasteiger partial charge < -0.3 is 10.6 Å². The second kappa shape index (κ2) is 6.77. The molecule has 106 valence electrons. The van der Waals surface area contributed by atoms with Gasteiger partial charge in [-0.25, -0.2) is 9.37 Å². The maximum Gasteiger partial charge on any atom is 0.147 e. The third kappa shape index (κ3) is 3.74. The fraction of sp³-hybridized carbons (Fsp3) is 0.214. The Morgan fingerprint density at radius 3 is 2.25 bits per heavy atom. The highest BCUT2D eigenvalue weighted by Gasteiger charge is 2.08. The van der Waals surface area contributed by atoms with Gasteiger partial charge in [-0.1, -0.05) is 35.3 Å². The molecule has 0 saturated carbocycles. The molecule has 0 spiro atoms. The Morgan fingerprint density at radius 2 is 1.65 bits per heavy atom. The van der Waals surface area contributed by atoms with Crippen molar-refractivity contribution in [2.75, 3.05) is 17.2 Å². The summed E-state index contributed by atoms with van der Waals surface area (Å²) in [4.78, 5) is 4.33. The first-order valence-corrected chi connectivity index (χ1v) is 6.94. The van der Waals surface area contributed by atoms with Crippen LogP contribution in [0.5, 0.6) is 0 Å². The molecule has 0 bridgehead atoms. The standard InChI is InChI=1S/C14H14Cl2FN3/c1-2-18-13-11(15)7-12(16)14(20-13)19-8-9-3-5-10(17)6-4-9/h3-7H,2,8H2,1H3,(H2,18,19,20). The van der Waals surface area contributed by atoms with Gasteiger partial charge in [-0.05, 0) is 30.7 Å². The average molecular weight is 314 g/mol. The van der Waals surface area contributed by atoms with Gasteiger partial charge in [0, 0.05) is 13.1 Å². The zero-order valence-electron chi connectivity index (χ0n) is 10.9. The number of nitrogens with zero attached hydrogens (tertiary/aromatic N) is 1. The van der Waals surface area contributed by atoms with E-state index in [9.17, 15) is 4.39 Å². The quantitative estimate of drug-likeness (QED) is 0.849. The lowest BCUT2D eigenvalue weighted by Crippen LogP contribution is -2.06. The summed E-state index contributed by atoms with van der Waals surface area (Å²) in [5.41, 5.74) is 0.934. The highest BCUT2D eigenvalue weighted by molar-refractivity contribution is 6.37. The van der Waals surface area contributed by atoms with Crippen LogP contribution in [0.15, 0.2) is 30.3 Å². The molecule has 0 aliphatic heterocycles. The van der Waals surface area contributed by atoms with E-state index >= 15 is 0 Å². The summed E-state index contributed by atoms with van der Waals surface area (Å²) in [6, 6.07) is 7.88. The van der Waals surface area contributed by atoms with Gasteiger partial charge in [0.1, 0.15) is 17.5 Å². The lowest BCUT2D eigenvalue weighted by atomic mass is 10.2. The van der Waals surface area contributed by atoms with Crippen LogP contribution in [0.4, 0.5) is 16.0 Å². The van der Waals surface area contributed by atoms with Gasteiger partial charge in [-0.15, -0.1) is 0 Å². The molecule has 1 heterocycles. The van der Waals surface area contributed by atoms with E-state index in [2.05, 4.69) is 15.6 Å². The van der Waals surface area contributed by atoms with Gasteiger partial charge in [0.2, 0.25) is 0 Å². The number of pyridine rings is 1. The molecule has 0 saturated heterocycles. The number of hydrogen-bond donors (Lipinski definition) is 2. The van der Waals surface area contributed by atoms with Crippen LogP contribution in [-0.2, 0) is 6.54 Å². The normalized spacial score (nSPS) is 10.4. The molecule has 0 amide bonds. The van der Waals surface area contributed by atoms with Gasteiger partial charge in [0.25, 0.3) is 0 Å². The lowest BCUT2D eigenvalue weighted by Gasteiger charge is -2.11. The second-order valence-electron chi connectivity index (χ2n) is 4.16. The lowest BCUT2D eigenvalue weighted by molar-refractivity contribution is 0.627. The third-order valence-electron chi connectivity index (χ3n) is 2.65. The van der Waals surface area contributed by atoms with Crippen molar-refractivity contribution in [1.29, 1.82) is 0 Å². The number of rotatable bonds is 5. The molecular weight excluding hydrogens is 300 g/mol. The molecular formula is C14H14Cl2FN3. The molecule has 6 heteroatoms. The topological polar surface area (TPSA) is 37.0 Å². The van der Waals surface area contributed by atoms with E-state index in [1.807, 2.05) is 6.92 Å². The summed E-state index contributed by atoms with van der Waals surface area (Å²) in [6.07, 6.45) is 0. The summed E-state index contributed by atoms with van der Waals surface area (Å²) < 4.78 is 12.8. The van der Waals surface area contributed by atoms with Gasteiger partial charge in [0.15, 0.2) is 0 Å². The van der Waals surface area contributed by atoms with Crippen molar-refractivity contribution in [3.8, 4) is 0 Å². The molecule has 0 atom stereocenters. The minimum absolute atomic E-state index is 0.258. The van der Waals surface area contributed by atoms with E-state index in [-0.39, 0.29) is 5.82 Å². The Balaban J connectivity index is 2.12. The number of nitrogens with one attached hydrogen (secondary N) is 2. The van der Waals surface area contributed by atoms with E-state index in [4.69, 9.17) is 23.2 Å². The van der Waals surface area contributed by atoms with E-state index in [0.29, 0.717) is 34.8 Å². The average Bonchev–Trinajstić information content (AvgIpc) is 2.42. The fourth-order valence-electron chi connectivity index (χ4n) is 1.67. The van der Waals surface area contributed by atoms with Crippen molar-refractivity contribution >= 4 is 34.8 Å². The van der Waals surface area contributed by atoms with Crippen LogP contribution in [0.25, 0.3) is 0 Å². The Hall–Kier alpha value is -1.52. The van der Waals surface area contributed by atoms with Crippen LogP contribution in [0.1, 0.15) is 12.5 Å². The van der Waals surface area contributed by atoms with E-state index in [0.717, 1.165) is 5.56 Å². The Kier molecular flexibility index (Phi) is 5.04. The van der Waals surface area contributed by atoms with Gasteiger partial charge in [-0.2, -0.15) is 0 Å². The maximum absolute atomic E-state index is 12.8. The van der Waals surface area contributed by atoms with E-state index in [1.165, 1.54) is 12.1 Å².